The molecule has 0 saturated carbocycles. The van der Waals surface area contributed by atoms with Gasteiger partial charge in [-0.1, -0.05) is 35.4 Å². The van der Waals surface area contributed by atoms with Crippen molar-refractivity contribution in [3.05, 3.63) is 51.0 Å². The largest absolute Gasteiger partial charge is 0.391 e. The predicted octanol–water partition coefficient (Wildman–Crippen LogP) is 1.34. The van der Waals surface area contributed by atoms with Gasteiger partial charge in [0.15, 0.2) is 0 Å². The molecule has 2 aromatic rings. The first-order chi connectivity index (χ1) is 12.3. The summed E-state index contributed by atoms with van der Waals surface area (Å²) in [4.78, 5) is 28.5. The number of aliphatic hydroxyl groups excluding tert-OH is 1. The molecule has 7 nitrogen and oxygen atoms in total. The van der Waals surface area contributed by atoms with Gasteiger partial charge in [-0.25, -0.2) is 4.98 Å². The lowest BCUT2D eigenvalue weighted by atomic mass is 10.2. The molecule has 1 heterocycles. The van der Waals surface area contributed by atoms with E-state index in [-0.39, 0.29) is 18.0 Å². The first-order valence-corrected chi connectivity index (χ1v) is 8.73. The molecule has 0 aliphatic carbocycles. The Balaban J connectivity index is 2.00. The van der Waals surface area contributed by atoms with E-state index in [1.807, 2.05) is 0 Å². The number of aliphatic hydroxyl groups is 1. The van der Waals surface area contributed by atoms with Crippen molar-refractivity contribution in [1.82, 2.24) is 20.2 Å². The van der Waals surface area contributed by atoms with Crippen LogP contribution in [-0.4, -0.2) is 46.3 Å². The summed E-state index contributed by atoms with van der Waals surface area (Å²) in [6.45, 7) is 2.11. The van der Waals surface area contributed by atoms with Crippen molar-refractivity contribution in [1.29, 1.82) is 0 Å². The molecular formula is C17H20Cl2N4O3. The Morgan fingerprint density at radius 2 is 2.04 bits per heavy atom. The molecule has 0 unspecified atom stereocenters. The van der Waals surface area contributed by atoms with Crippen LogP contribution in [0.3, 0.4) is 0 Å². The molecule has 0 aliphatic rings. The summed E-state index contributed by atoms with van der Waals surface area (Å²) in [5.41, 5.74) is 0.250. The molecule has 9 heteroatoms. The summed E-state index contributed by atoms with van der Waals surface area (Å²) in [5.74, 6) is -0.303. The van der Waals surface area contributed by atoms with E-state index in [4.69, 9.17) is 23.2 Å². The standard InChI is InChI=1S/C17H20Cl2N4O3/c1-10(24)15(20-2)16(25)21-5-3-4-6-23-9-22-14-8-13(19)12(18)7-11(14)17(23)26/h3-4,7-10,15,20,24H,5-6H2,1-2H3,(H,21,25)/b4-3+/t10-,15+/m1/s1. The Labute approximate surface area is 160 Å². The number of rotatable bonds is 7. The second kappa shape index (κ2) is 9.14. The molecule has 1 aromatic heterocycles. The molecule has 2 atom stereocenters. The SMILES string of the molecule is CN[C@H](C(=O)NC/C=C/Cn1cnc2cc(Cl)c(Cl)cc2c1=O)[C@@H](C)O. The summed E-state index contributed by atoms with van der Waals surface area (Å²) >= 11 is 11.9. The number of carbonyl (C=O) groups is 1. The number of benzene rings is 1. The van der Waals surface area contributed by atoms with Gasteiger partial charge in [0.25, 0.3) is 5.56 Å². The first kappa shape index (κ1) is 20.4. The number of amides is 1. The predicted molar refractivity (Wildman–Crippen MR) is 103 cm³/mol. The van der Waals surface area contributed by atoms with Crippen LogP contribution in [0.4, 0.5) is 0 Å². The number of likely N-dealkylation sites (N-methyl/N-ethyl adjacent to an activating group) is 1. The van der Waals surface area contributed by atoms with Crippen LogP contribution < -0.4 is 16.2 Å². The third-order valence-electron chi connectivity index (χ3n) is 3.80. The number of carbonyl (C=O) groups excluding carboxylic acids is 1. The molecule has 0 radical (unpaired) electrons. The van der Waals surface area contributed by atoms with Gasteiger partial charge in [-0.05, 0) is 26.1 Å². The fraction of sp³-hybridized carbons (Fsp3) is 0.353. The second-order valence-corrected chi connectivity index (χ2v) is 6.52. The van der Waals surface area contributed by atoms with E-state index in [1.165, 1.54) is 23.9 Å². The number of fused-ring (bicyclic) bond motifs is 1. The minimum Gasteiger partial charge on any atom is -0.391 e. The molecule has 0 spiro atoms. The van der Waals surface area contributed by atoms with Crippen LogP contribution in [-0.2, 0) is 11.3 Å². The number of aromatic nitrogens is 2. The normalized spacial score (nSPS) is 13.9. The van der Waals surface area contributed by atoms with Crippen molar-refractivity contribution in [2.75, 3.05) is 13.6 Å². The number of nitrogens with one attached hydrogen (secondary N) is 2. The van der Waals surface area contributed by atoms with Gasteiger partial charge in [0, 0.05) is 13.1 Å². The third-order valence-corrected chi connectivity index (χ3v) is 4.53. The zero-order chi connectivity index (χ0) is 19.3. The van der Waals surface area contributed by atoms with Gasteiger partial charge < -0.3 is 15.7 Å². The van der Waals surface area contributed by atoms with Crippen LogP contribution in [0.2, 0.25) is 10.0 Å². The Bertz CT molecular complexity index is 880. The van der Waals surface area contributed by atoms with Gasteiger partial charge >= 0.3 is 0 Å². The number of allylic oxidation sites excluding steroid dienone is 1. The van der Waals surface area contributed by atoms with Crippen molar-refractivity contribution >= 4 is 40.0 Å². The van der Waals surface area contributed by atoms with E-state index in [9.17, 15) is 14.7 Å². The average molecular weight is 399 g/mol. The lowest BCUT2D eigenvalue weighted by Gasteiger charge is -2.17. The fourth-order valence-corrected chi connectivity index (χ4v) is 2.74. The van der Waals surface area contributed by atoms with Crippen molar-refractivity contribution in [2.24, 2.45) is 0 Å². The molecule has 0 saturated heterocycles. The van der Waals surface area contributed by atoms with Crippen LogP contribution in [0, 0.1) is 0 Å². The maximum Gasteiger partial charge on any atom is 0.261 e. The zero-order valence-electron chi connectivity index (χ0n) is 14.4. The van der Waals surface area contributed by atoms with Gasteiger partial charge in [0.1, 0.15) is 6.04 Å². The van der Waals surface area contributed by atoms with Crippen LogP contribution in [0.1, 0.15) is 6.92 Å². The number of hydrogen-bond donors (Lipinski definition) is 3. The molecule has 26 heavy (non-hydrogen) atoms. The monoisotopic (exact) mass is 398 g/mol. The number of nitrogens with zero attached hydrogens (tertiary/aromatic N) is 2. The van der Waals surface area contributed by atoms with Crippen LogP contribution in [0.15, 0.2) is 35.4 Å². The Morgan fingerprint density at radius 1 is 1.35 bits per heavy atom. The zero-order valence-corrected chi connectivity index (χ0v) is 15.9. The fourth-order valence-electron chi connectivity index (χ4n) is 2.42. The van der Waals surface area contributed by atoms with Gasteiger partial charge in [0.2, 0.25) is 5.91 Å². The maximum atomic E-state index is 12.4. The van der Waals surface area contributed by atoms with Crippen LogP contribution >= 0.6 is 23.2 Å². The lowest BCUT2D eigenvalue weighted by molar-refractivity contribution is -0.125. The third kappa shape index (κ3) is 4.82. The van der Waals surface area contributed by atoms with Gasteiger partial charge in [-0.15, -0.1) is 0 Å². The number of halogens is 2. The van der Waals surface area contributed by atoms with E-state index in [0.717, 1.165) is 0 Å². The molecule has 3 N–H and O–H groups in total. The van der Waals surface area contributed by atoms with Gasteiger partial charge in [-0.3, -0.25) is 14.2 Å². The van der Waals surface area contributed by atoms with E-state index < -0.39 is 12.1 Å². The molecule has 1 amide bonds. The summed E-state index contributed by atoms with van der Waals surface area (Å²) in [6.07, 6.45) is 4.09. The Morgan fingerprint density at radius 3 is 2.69 bits per heavy atom. The molecule has 1 aromatic carbocycles. The van der Waals surface area contributed by atoms with Crippen LogP contribution in [0.5, 0.6) is 0 Å². The topological polar surface area (TPSA) is 96.3 Å². The minimum absolute atomic E-state index is 0.230. The minimum atomic E-state index is -0.799. The average Bonchev–Trinajstić information content (AvgIpc) is 2.58. The van der Waals surface area contributed by atoms with Gasteiger partial charge in [0.05, 0.1) is 33.4 Å². The highest BCUT2D eigenvalue weighted by Crippen LogP contribution is 2.24. The highest BCUT2D eigenvalue weighted by atomic mass is 35.5. The quantitative estimate of drug-likeness (QED) is 0.611. The first-order valence-electron chi connectivity index (χ1n) is 7.97. The Kier molecular flexibility index (Phi) is 7.16. The molecule has 0 fully saturated rings. The lowest BCUT2D eigenvalue weighted by Crippen LogP contribution is -2.48. The summed E-state index contributed by atoms with van der Waals surface area (Å²) in [6, 6.07) is 2.38. The van der Waals surface area contributed by atoms with E-state index in [1.54, 1.807) is 25.3 Å². The summed E-state index contributed by atoms with van der Waals surface area (Å²) in [7, 11) is 1.60. The van der Waals surface area contributed by atoms with Crippen molar-refractivity contribution in [3.63, 3.8) is 0 Å². The van der Waals surface area contributed by atoms with Crippen molar-refractivity contribution in [2.45, 2.75) is 25.6 Å². The van der Waals surface area contributed by atoms with Gasteiger partial charge in [-0.2, -0.15) is 0 Å². The molecule has 0 bridgehead atoms. The highest BCUT2D eigenvalue weighted by molar-refractivity contribution is 6.42. The van der Waals surface area contributed by atoms with Crippen molar-refractivity contribution < 1.29 is 9.90 Å². The molecule has 140 valence electrons. The smallest absolute Gasteiger partial charge is 0.261 e. The number of hydrogen-bond acceptors (Lipinski definition) is 5. The maximum absolute atomic E-state index is 12.4. The Hall–Kier alpha value is -1.93. The molecule has 2 rings (SSSR count). The van der Waals surface area contributed by atoms with Crippen LogP contribution in [0.25, 0.3) is 10.9 Å². The summed E-state index contributed by atoms with van der Waals surface area (Å²) < 4.78 is 1.43. The van der Waals surface area contributed by atoms with Crippen molar-refractivity contribution in [3.8, 4) is 0 Å². The van der Waals surface area contributed by atoms with E-state index >= 15 is 0 Å². The highest BCUT2D eigenvalue weighted by Gasteiger charge is 2.20. The van der Waals surface area contributed by atoms with E-state index in [2.05, 4.69) is 15.6 Å². The second-order valence-electron chi connectivity index (χ2n) is 5.71. The van der Waals surface area contributed by atoms with E-state index in [0.29, 0.717) is 27.5 Å². The molecule has 0 aliphatic heterocycles. The summed E-state index contributed by atoms with van der Waals surface area (Å²) in [5, 5.41) is 15.9. The molecular weight excluding hydrogens is 379 g/mol.